The number of urea groups is 1. The first-order valence-electron chi connectivity index (χ1n) is 7.33. The maximum Gasteiger partial charge on any atom is 0.337 e. The van der Waals surface area contributed by atoms with Crippen molar-refractivity contribution in [2.75, 3.05) is 5.32 Å². The van der Waals surface area contributed by atoms with Crippen LogP contribution in [0.3, 0.4) is 0 Å². The molecule has 5 nitrogen and oxygen atoms in total. The topological polar surface area (TPSA) is 78.4 Å². The second kappa shape index (κ2) is 6.16. The van der Waals surface area contributed by atoms with Gasteiger partial charge in [-0.1, -0.05) is 30.9 Å². The number of carboxylic acid groups (broad SMARTS) is 1. The third kappa shape index (κ3) is 3.97. The first-order chi connectivity index (χ1) is 9.89. The van der Waals surface area contributed by atoms with E-state index in [1.54, 1.807) is 18.2 Å². The van der Waals surface area contributed by atoms with Gasteiger partial charge in [-0.2, -0.15) is 0 Å². The van der Waals surface area contributed by atoms with E-state index in [1.165, 1.54) is 6.42 Å². The Morgan fingerprint density at radius 2 is 1.86 bits per heavy atom. The van der Waals surface area contributed by atoms with E-state index in [0.29, 0.717) is 5.69 Å². The summed E-state index contributed by atoms with van der Waals surface area (Å²) in [6.45, 7) is 3.86. The van der Waals surface area contributed by atoms with Gasteiger partial charge >= 0.3 is 12.0 Å². The molecule has 0 unspecified atom stereocenters. The lowest BCUT2D eigenvalue weighted by Crippen LogP contribution is -2.49. The van der Waals surface area contributed by atoms with Crippen LogP contribution in [0.15, 0.2) is 18.2 Å². The highest BCUT2D eigenvalue weighted by atomic mass is 16.4. The minimum atomic E-state index is -1.04. The van der Waals surface area contributed by atoms with Crippen LogP contribution in [0.2, 0.25) is 0 Å². The second-order valence-electron chi connectivity index (χ2n) is 6.05. The van der Waals surface area contributed by atoms with Crippen molar-refractivity contribution in [1.82, 2.24) is 5.32 Å². The molecule has 2 amide bonds. The molecule has 0 atom stereocenters. The fourth-order valence-corrected chi connectivity index (χ4v) is 2.83. The number of nitrogens with one attached hydrogen (secondary N) is 2. The van der Waals surface area contributed by atoms with E-state index in [4.69, 9.17) is 0 Å². The lowest BCUT2D eigenvalue weighted by atomic mass is 9.83. The highest BCUT2D eigenvalue weighted by molar-refractivity contribution is 6.00. The number of anilines is 1. The van der Waals surface area contributed by atoms with Crippen LogP contribution in [-0.4, -0.2) is 22.6 Å². The van der Waals surface area contributed by atoms with Crippen LogP contribution in [0.1, 0.15) is 54.9 Å². The molecule has 0 saturated heterocycles. The highest BCUT2D eigenvalue weighted by Crippen LogP contribution is 2.27. The molecule has 0 aliphatic heterocycles. The van der Waals surface area contributed by atoms with Crippen LogP contribution in [0.25, 0.3) is 0 Å². The zero-order valence-electron chi connectivity index (χ0n) is 12.5. The molecule has 0 bridgehead atoms. The van der Waals surface area contributed by atoms with Crippen molar-refractivity contribution in [3.63, 3.8) is 0 Å². The largest absolute Gasteiger partial charge is 0.478 e. The maximum atomic E-state index is 12.1. The van der Waals surface area contributed by atoms with Gasteiger partial charge in [0, 0.05) is 5.54 Å². The standard InChI is InChI=1S/C16H22N2O3/c1-11-6-7-13(12(10-11)14(19)20)17-15(21)18-16(2)8-4-3-5-9-16/h6-7,10H,3-5,8-9H2,1-2H3,(H,19,20)(H2,17,18,21). The average molecular weight is 290 g/mol. The Hall–Kier alpha value is -2.04. The van der Waals surface area contributed by atoms with Gasteiger partial charge in [0.05, 0.1) is 11.3 Å². The molecule has 0 spiro atoms. The summed E-state index contributed by atoms with van der Waals surface area (Å²) in [5, 5.41) is 14.8. The van der Waals surface area contributed by atoms with Crippen molar-refractivity contribution in [2.45, 2.75) is 51.5 Å². The van der Waals surface area contributed by atoms with Crippen LogP contribution >= 0.6 is 0 Å². The normalized spacial score (nSPS) is 17.0. The highest BCUT2D eigenvalue weighted by Gasteiger charge is 2.28. The monoisotopic (exact) mass is 290 g/mol. The van der Waals surface area contributed by atoms with Crippen molar-refractivity contribution >= 4 is 17.7 Å². The number of amides is 2. The van der Waals surface area contributed by atoms with E-state index < -0.39 is 5.97 Å². The van der Waals surface area contributed by atoms with Crippen LogP contribution in [0.5, 0.6) is 0 Å². The number of carbonyl (C=O) groups excluding carboxylic acids is 1. The molecule has 114 valence electrons. The fourth-order valence-electron chi connectivity index (χ4n) is 2.83. The molecular weight excluding hydrogens is 268 g/mol. The fraction of sp³-hybridized carbons (Fsp3) is 0.500. The molecule has 2 rings (SSSR count). The van der Waals surface area contributed by atoms with Gasteiger partial charge in [0.1, 0.15) is 0 Å². The third-order valence-corrected chi connectivity index (χ3v) is 4.03. The summed E-state index contributed by atoms with van der Waals surface area (Å²) in [5.41, 5.74) is 1.08. The van der Waals surface area contributed by atoms with Gasteiger partial charge in [-0.05, 0) is 38.8 Å². The van der Waals surface area contributed by atoms with E-state index in [9.17, 15) is 14.7 Å². The summed E-state index contributed by atoms with van der Waals surface area (Å²) in [6, 6.07) is 4.62. The van der Waals surface area contributed by atoms with Crippen molar-refractivity contribution in [3.05, 3.63) is 29.3 Å². The summed E-state index contributed by atoms with van der Waals surface area (Å²) < 4.78 is 0. The minimum absolute atomic E-state index is 0.110. The number of carboxylic acids is 1. The number of hydrogen-bond acceptors (Lipinski definition) is 2. The van der Waals surface area contributed by atoms with Crippen molar-refractivity contribution in [3.8, 4) is 0 Å². The summed E-state index contributed by atoms with van der Waals surface area (Å²) >= 11 is 0. The molecule has 1 saturated carbocycles. The second-order valence-corrected chi connectivity index (χ2v) is 6.05. The Labute approximate surface area is 124 Å². The molecular formula is C16H22N2O3. The molecule has 0 radical (unpaired) electrons. The Kier molecular flexibility index (Phi) is 4.50. The van der Waals surface area contributed by atoms with Gasteiger partial charge in [-0.3, -0.25) is 0 Å². The summed E-state index contributed by atoms with van der Waals surface area (Å²) in [5.74, 6) is -1.04. The lowest BCUT2D eigenvalue weighted by molar-refractivity contribution is 0.0698. The van der Waals surface area contributed by atoms with Gasteiger partial charge in [0.15, 0.2) is 0 Å². The molecule has 21 heavy (non-hydrogen) atoms. The predicted octanol–water partition coefficient (Wildman–Crippen LogP) is 3.54. The number of carbonyl (C=O) groups is 2. The molecule has 3 N–H and O–H groups in total. The number of rotatable bonds is 3. The molecule has 1 aliphatic rings. The van der Waals surface area contributed by atoms with Crippen LogP contribution in [0, 0.1) is 6.92 Å². The molecule has 1 aliphatic carbocycles. The van der Waals surface area contributed by atoms with Crippen molar-refractivity contribution < 1.29 is 14.7 Å². The van der Waals surface area contributed by atoms with E-state index in [-0.39, 0.29) is 17.1 Å². The van der Waals surface area contributed by atoms with Crippen LogP contribution in [0.4, 0.5) is 10.5 Å². The van der Waals surface area contributed by atoms with Crippen molar-refractivity contribution in [1.29, 1.82) is 0 Å². The number of benzene rings is 1. The summed E-state index contributed by atoms with van der Waals surface area (Å²) in [7, 11) is 0. The quantitative estimate of drug-likeness (QED) is 0.796. The van der Waals surface area contributed by atoms with Crippen LogP contribution in [-0.2, 0) is 0 Å². The van der Waals surface area contributed by atoms with Gasteiger partial charge in [0.25, 0.3) is 0 Å². The molecule has 5 heteroatoms. The smallest absolute Gasteiger partial charge is 0.337 e. The van der Waals surface area contributed by atoms with E-state index in [2.05, 4.69) is 10.6 Å². The Balaban J connectivity index is 2.07. The molecule has 0 heterocycles. The zero-order chi connectivity index (χ0) is 15.5. The van der Waals surface area contributed by atoms with Gasteiger partial charge in [0.2, 0.25) is 0 Å². The van der Waals surface area contributed by atoms with E-state index in [0.717, 1.165) is 31.2 Å². The lowest BCUT2D eigenvalue weighted by Gasteiger charge is -2.34. The Bertz CT molecular complexity index is 548. The Morgan fingerprint density at radius 3 is 2.48 bits per heavy atom. The van der Waals surface area contributed by atoms with Crippen LogP contribution < -0.4 is 10.6 Å². The van der Waals surface area contributed by atoms with E-state index in [1.807, 2.05) is 13.8 Å². The number of hydrogen-bond donors (Lipinski definition) is 3. The SMILES string of the molecule is Cc1ccc(NC(=O)NC2(C)CCCCC2)c(C(=O)O)c1. The molecule has 1 aromatic rings. The van der Waals surface area contributed by atoms with E-state index >= 15 is 0 Å². The average Bonchev–Trinajstić information content (AvgIpc) is 2.40. The number of aromatic carboxylic acids is 1. The first kappa shape index (κ1) is 15.4. The predicted molar refractivity (Wildman–Crippen MR) is 81.8 cm³/mol. The summed E-state index contributed by atoms with van der Waals surface area (Å²) in [6.07, 6.45) is 5.35. The minimum Gasteiger partial charge on any atom is -0.478 e. The number of aryl methyl sites for hydroxylation is 1. The maximum absolute atomic E-state index is 12.1. The molecule has 0 aromatic heterocycles. The Morgan fingerprint density at radius 1 is 1.19 bits per heavy atom. The summed E-state index contributed by atoms with van der Waals surface area (Å²) in [4.78, 5) is 23.4. The van der Waals surface area contributed by atoms with Gasteiger partial charge in [-0.25, -0.2) is 9.59 Å². The first-order valence-corrected chi connectivity index (χ1v) is 7.33. The van der Waals surface area contributed by atoms with Crippen molar-refractivity contribution in [2.24, 2.45) is 0 Å². The zero-order valence-corrected chi connectivity index (χ0v) is 12.5. The third-order valence-electron chi connectivity index (χ3n) is 4.03. The molecule has 1 fully saturated rings. The molecule has 1 aromatic carbocycles. The van der Waals surface area contributed by atoms with Gasteiger partial charge < -0.3 is 15.7 Å². The van der Waals surface area contributed by atoms with Gasteiger partial charge in [-0.15, -0.1) is 0 Å².